The SMILES string of the molecule is CC(C)CC(=O)NNC(=O)c1c(O)c2ccccc2n(C)c1=O. The summed E-state index contributed by atoms with van der Waals surface area (Å²) in [7, 11) is 1.51. The monoisotopic (exact) mass is 317 g/mol. The molecule has 122 valence electrons. The third-order valence-electron chi connectivity index (χ3n) is 3.41. The molecule has 7 heteroatoms. The van der Waals surface area contributed by atoms with E-state index in [2.05, 4.69) is 10.9 Å². The van der Waals surface area contributed by atoms with Crippen LogP contribution in [0.2, 0.25) is 0 Å². The number of hydrazine groups is 1. The molecule has 0 fully saturated rings. The van der Waals surface area contributed by atoms with Gasteiger partial charge in [0.05, 0.1) is 5.52 Å². The Morgan fingerprint density at radius 1 is 1.22 bits per heavy atom. The van der Waals surface area contributed by atoms with Gasteiger partial charge in [0.2, 0.25) is 5.91 Å². The number of para-hydroxylation sites is 1. The van der Waals surface area contributed by atoms with Gasteiger partial charge in [-0.3, -0.25) is 25.2 Å². The maximum atomic E-state index is 12.3. The van der Waals surface area contributed by atoms with Gasteiger partial charge in [-0.25, -0.2) is 0 Å². The first-order valence-corrected chi connectivity index (χ1v) is 7.22. The van der Waals surface area contributed by atoms with Crippen LogP contribution in [-0.2, 0) is 11.8 Å². The Morgan fingerprint density at radius 3 is 2.52 bits per heavy atom. The molecule has 0 saturated carbocycles. The maximum absolute atomic E-state index is 12.3. The van der Waals surface area contributed by atoms with E-state index in [0.717, 1.165) is 0 Å². The number of aryl methyl sites for hydroxylation is 1. The molecule has 2 amide bonds. The minimum Gasteiger partial charge on any atom is -0.506 e. The van der Waals surface area contributed by atoms with Crippen LogP contribution in [0, 0.1) is 5.92 Å². The molecule has 0 unspecified atom stereocenters. The predicted octanol–water partition coefficient (Wildman–Crippen LogP) is 1.05. The molecule has 0 aliphatic carbocycles. The Labute approximate surface area is 132 Å². The number of rotatable bonds is 3. The highest BCUT2D eigenvalue weighted by atomic mass is 16.3. The zero-order valence-corrected chi connectivity index (χ0v) is 13.2. The first-order chi connectivity index (χ1) is 10.8. The van der Waals surface area contributed by atoms with E-state index < -0.39 is 22.8 Å². The molecular weight excluding hydrogens is 298 g/mol. The van der Waals surface area contributed by atoms with Gasteiger partial charge in [0.1, 0.15) is 11.3 Å². The zero-order valence-electron chi connectivity index (χ0n) is 13.2. The molecule has 2 aromatic rings. The van der Waals surface area contributed by atoms with Crippen LogP contribution in [0.3, 0.4) is 0 Å². The summed E-state index contributed by atoms with van der Waals surface area (Å²) in [6, 6.07) is 6.70. The summed E-state index contributed by atoms with van der Waals surface area (Å²) in [6.45, 7) is 3.73. The van der Waals surface area contributed by atoms with Crippen LogP contribution in [0.15, 0.2) is 29.1 Å². The molecule has 3 N–H and O–H groups in total. The van der Waals surface area contributed by atoms with Crippen molar-refractivity contribution in [3.63, 3.8) is 0 Å². The molecule has 0 atom stereocenters. The number of carbonyl (C=O) groups excluding carboxylic acids is 2. The Morgan fingerprint density at radius 2 is 1.87 bits per heavy atom. The lowest BCUT2D eigenvalue weighted by molar-refractivity contribution is -0.122. The Hall–Kier alpha value is -2.83. The van der Waals surface area contributed by atoms with E-state index in [0.29, 0.717) is 10.9 Å². The fourth-order valence-electron chi connectivity index (χ4n) is 2.29. The summed E-state index contributed by atoms with van der Waals surface area (Å²) in [5.41, 5.74) is 3.86. The number of amides is 2. The van der Waals surface area contributed by atoms with Crippen LogP contribution in [0.5, 0.6) is 5.75 Å². The van der Waals surface area contributed by atoms with Crippen molar-refractivity contribution in [1.29, 1.82) is 0 Å². The molecule has 0 aliphatic rings. The highest BCUT2D eigenvalue weighted by Crippen LogP contribution is 2.25. The number of hydrogen-bond donors (Lipinski definition) is 3. The van der Waals surface area contributed by atoms with Crippen molar-refractivity contribution in [3.05, 3.63) is 40.2 Å². The lowest BCUT2D eigenvalue weighted by atomic mass is 10.1. The molecule has 0 bridgehead atoms. The van der Waals surface area contributed by atoms with Crippen LogP contribution < -0.4 is 16.4 Å². The average molecular weight is 317 g/mol. The van der Waals surface area contributed by atoms with Crippen molar-refractivity contribution in [2.75, 3.05) is 0 Å². The summed E-state index contributed by atoms with van der Waals surface area (Å²) in [6.07, 6.45) is 0.238. The molecule has 0 radical (unpaired) electrons. The third kappa shape index (κ3) is 3.33. The summed E-state index contributed by atoms with van der Waals surface area (Å²) in [5, 5.41) is 10.6. The maximum Gasteiger partial charge on any atom is 0.279 e. The number of carbonyl (C=O) groups is 2. The first-order valence-electron chi connectivity index (χ1n) is 7.22. The molecule has 0 aliphatic heterocycles. The molecule has 1 heterocycles. The predicted molar refractivity (Wildman–Crippen MR) is 85.9 cm³/mol. The largest absolute Gasteiger partial charge is 0.506 e. The van der Waals surface area contributed by atoms with Gasteiger partial charge in [0.25, 0.3) is 11.5 Å². The lowest BCUT2D eigenvalue weighted by Gasteiger charge is -2.12. The van der Waals surface area contributed by atoms with E-state index in [9.17, 15) is 19.5 Å². The normalized spacial score (nSPS) is 10.8. The number of nitrogens with one attached hydrogen (secondary N) is 2. The Kier molecular flexibility index (Phi) is 4.68. The summed E-state index contributed by atoms with van der Waals surface area (Å²) in [4.78, 5) is 36.0. The van der Waals surface area contributed by atoms with Crippen LogP contribution >= 0.6 is 0 Å². The second-order valence-corrected chi connectivity index (χ2v) is 5.71. The van der Waals surface area contributed by atoms with Gasteiger partial charge in [-0.1, -0.05) is 26.0 Å². The summed E-state index contributed by atoms with van der Waals surface area (Å²) < 4.78 is 1.28. The minimum absolute atomic E-state index is 0.133. The number of fused-ring (bicyclic) bond motifs is 1. The van der Waals surface area contributed by atoms with E-state index in [1.54, 1.807) is 24.3 Å². The van der Waals surface area contributed by atoms with Crippen molar-refractivity contribution in [1.82, 2.24) is 15.4 Å². The standard InChI is InChI=1S/C16H19N3O4/c1-9(2)8-12(20)17-18-15(22)13-14(21)10-6-4-5-7-11(10)19(3)16(13)23/h4-7,9,21H,8H2,1-3H3,(H,17,20)(H,18,22). The molecule has 1 aromatic carbocycles. The quantitative estimate of drug-likeness (QED) is 0.737. The topological polar surface area (TPSA) is 100 Å². The van der Waals surface area contributed by atoms with E-state index in [1.807, 2.05) is 13.8 Å². The van der Waals surface area contributed by atoms with Gasteiger partial charge in [0.15, 0.2) is 0 Å². The molecule has 23 heavy (non-hydrogen) atoms. The Bertz CT molecular complexity index is 824. The number of pyridine rings is 1. The van der Waals surface area contributed by atoms with Crippen LogP contribution in [0.4, 0.5) is 0 Å². The third-order valence-corrected chi connectivity index (χ3v) is 3.41. The number of benzene rings is 1. The van der Waals surface area contributed by atoms with E-state index in [-0.39, 0.29) is 18.2 Å². The van der Waals surface area contributed by atoms with Crippen molar-refractivity contribution < 1.29 is 14.7 Å². The first kappa shape index (κ1) is 16.5. The van der Waals surface area contributed by atoms with E-state index in [4.69, 9.17) is 0 Å². The lowest BCUT2D eigenvalue weighted by Crippen LogP contribution is -2.44. The van der Waals surface area contributed by atoms with Crippen LogP contribution in [0.1, 0.15) is 30.6 Å². The summed E-state index contributed by atoms with van der Waals surface area (Å²) in [5.74, 6) is -1.50. The number of aromatic hydroxyl groups is 1. The highest BCUT2D eigenvalue weighted by molar-refractivity contribution is 6.02. The smallest absolute Gasteiger partial charge is 0.279 e. The second-order valence-electron chi connectivity index (χ2n) is 5.71. The van der Waals surface area contributed by atoms with Gasteiger partial charge < -0.3 is 9.67 Å². The molecule has 1 aromatic heterocycles. The average Bonchev–Trinajstić information content (AvgIpc) is 2.50. The fraction of sp³-hybridized carbons (Fsp3) is 0.312. The number of hydrogen-bond acceptors (Lipinski definition) is 4. The van der Waals surface area contributed by atoms with Crippen molar-refractivity contribution in [2.45, 2.75) is 20.3 Å². The van der Waals surface area contributed by atoms with Gasteiger partial charge in [-0.05, 0) is 18.1 Å². The van der Waals surface area contributed by atoms with Crippen LogP contribution in [0.25, 0.3) is 10.9 Å². The van der Waals surface area contributed by atoms with Gasteiger partial charge in [-0.2, -0.15) is 0 Å². The van der Waals surface area contributed by atoms with Crippen molar-refractivity contribution in [3.8, 4) is 5.75 Å². The minimum atomic E-state index is -0.856. The molecule has 0 spiro atoms. The Balaban J connectivity index is 2.34. The molecular formula is C16H19N3O4. The van der Waals surface area contributed by atoms with E-state index >= 15 is 0 Å². The molecule has 2 rings (SSSR count). The van der Waals surface area contributed by atoms with Gasteiger partial charge in [0, 0.05) is 18.9 Å². The zero-order chi connectivity index (χ0) is 17.1. The summed E-state index contributed by atoms with van der Waals surface area (Å²) >= 11 is 0. The highest BCUT2D eigenvalue weighted by Gasteiger charge is 2.21. The number of nitrogens with zero attached hydrogens (tertiary/aromatic N) is 1. The fourth-order valence-corrected chi connectivity index (χ4v) is 2.29. The van der Waals surface area contributed by atoms with Gasteiger partial charge >= 0.3 is 0 Å². The van der Waals surface area contributed by atoms with E-state index in [1.165, 1.54) is 11.6 Å². The van der Waals surface area contributed by atoms with Crippen molar-refractivity contribution in [2.24, 2.45) is 13.0 Å². The van der Waals surface area contributed by atoms with Crippen LogP contribution in [-0.4, -0.2) is 21.5 Å². The van der Waals surface area contributed by atoms with Gasteiger partial charge in [-0.15, -0.1) is 0 Å². The number of aromatic nitrogens is 1. The van der Waals surface area contributed by atoms with Crippen molar-refractivity contribution >= 4 is 22.7 Å². The second kappa shape index (κ2) is 6.51. The molecule has 7 nitrogen and oxygen atoms in total. The molecule has 0 saturated heterocycles.